The predicted molar refractivity (Wildman–Crippen MR) is 126 cm³/mol. The lowest BCUT2D eigenvalue weighted by molar-refractivity contribution is -0.153. The van der Waals surface area contributed by atoms with E-state index in [0.29, 0.717) is 41.1 Å². The predicted octanol–water partition coefficient (Wildman–Crippen LogP) is 2.74. The van der Waals surface area contributed by atoms with Crippen molar-refractivity contribution in [2.24, 2.45) is 5.92 Å². The highest BCUT2D eigenvalue weighted by atomic mass is 16.7. The van der Waals surface area contributed by atoms with Crippen LogP contribution in [-0.2, 0) is 14.2 Å². The van der Waals surface area contributed by atoms with E-state index in [1.54, 1.807) is 38.5 Å². The van der Waals surface area contributed by atoms with Crippen molar-refractivity contribution < 1.29 is 47.7 Å². The molecule has 2 aromatic carbocycles. The van der Waals surface area contributed by atoms with Gasteiger partial charge >= 0.3 is 0 Å². The largest absolute Gasteiger partial charge is 0.496 e. The average Bonchev–Trinajstić information content (AvgIpc) is 3.38. The molecule has 0 bridgehead atoms. The first-order chi connectivity index (χ1) is 17.4. The number of methoxy groups -OCH3 is 4. The lowest BCUT2D eigenvalue weighted by Crippen LogP contribution is -2.47. The van der Waals surface area contributed by atoms with Crippen LogP contribution in [0, 0.1) is 5.92 Å². The van der Waals surface area contributed by atoms with Crippen LogP contribution >= 0.6 is 0 Å². The Kier molecular flexibility index (Phi) is 6.78. The number of hydrogen-bond donors (Lipinski definition) is 1. The fourth-order valence-electron chi connectivity index (χ4n) is 5.01. The first-order valence-corrected chi connectivity index (χ1v) is 11.8. The Morgan fingerprint density at radius 2 is 1.64 bits per heavy atom. The van der Waals surface area contributed by atoms with Gasteiger partial charge in [0.1, 0.15) is 11.9 Å². The quantitative estimate of drug-likeness (QED) is 0.577. The Labute approximate surface area is 209 Å². The van der Waals surface area contributed by atoms with E-state index >= 15 is 0 Å². The second-order valence-corrected chi connectivity index (χ2v) is 9.08. The normalized spacial score (nSPS) is 30.6. The van der Waals surface area contributed by atoms with Crippen LogP contribution in [0.5, 0.6) is 34.5 Å². The van der Waals surface area contributed by atoms with Crippen molar-refractivity contribution in [3.63, 3.8) is 0 Å². The monoisotopic (exact) mass is 504 g/mol. The molecule has 3 heterocycles. The summed E-state index contributed by atoms with van der Waals surface area (Å²) in [5, 5.41) is 11.7. The van der Waals surface area contributed by atoms with Gasteiger partial charge < -0.3 is 47.7 Å². The van der Waals surface area contributed by atoms with E-state index in [1.807, 2.05) is 13.0 Å². The summed E-state index contributed by atoms with van der Waals surface area (Å²) in [6, 6.07) is 8.92. The lowest BCUT2D eigenvalue weighted by Gasteiger charge is -2.33. The minimum atomic E-state index is -1.41. The van der Waals surface area contributed by atoms with Crippen LogP contribution in [0.15, 0.2) is 30.3 Å². The van der Waals surface area contributed by atoms with Crippen molar-refractivity contribution in [1.29, 1.82) is 0 Å². The molecule has 10 heteroatoms. The SMILES string of the molecule is COC[C@H]1Oc2cc([C@H]3OC[C@]4(O)[C@@H](Oc5c(OC)cccc5OC)OC[C@H]34)c(OC)cc2O[C@H]1C. The lowest BCUT2D eigenvalue weighted by atomic mass is 9.85. The number of ether oxygens (including phenoxy) is 9. The van der Waals surface area contributed by atoms with Crippen LogP contribution in [0.4, 0.5) is 0 Å². The second kappa shape index (κ2) is 9.85. The maximum atomic E-state index is 11.7. The molecule has 3 aliphatic heterocycles. The molecule has 5 rings (SSSR count). The Bertz CT molecular complexity index is 1070. The number of fused-ring (bicyclic) bond motifs is 2. The molecule has 0 aliphatic carbocycles. The summed E-state index contributed by atoms with van der Waals surface area (Å²) in [6.07, 6.45) is -1.96. The number of para-hydroxylation sites is 1. The van der Waals surface area contributed by atoms with E-state index in [1.165, 1.54) is 14.2 Å². The van der Waals surface area contributed by atoms with Crippen LogP contribution in [0.2, 0.25) is 0 Å². The molecule has 10 nitrogen and oxygen atoms in total. The summed E-state index contributed by atoms with van der Waals surface area (Å²) < 4.78 is 52.2. The van der Waals surface area contributed by atoms with Gasteiger partial charge in [0, 0.05) is 18.7 Å². The van der Waals surface area contributed by atoms with E-state index < -0.39 is 23.9 Å². The maximum Gasteiger partial charge on any atom is 0.232 e. The van der Waals surface area contributed by atoms with Crippen LogP contribution in [0.25, 0.3) is 0 Å². The number of hydrogen-bond acceptors (Lipinski definition) is 10. The van der Waals surface area contributed by atoms with Gasteiger partial charge in [-0.3, -0.25) is 0 Å². The highest BCUT2D eigenvalue weighted by molar-refractivity contribution is 5.53. The Balaban J connectivity index is 1.42. The van der Waals surface area contributed by atoms with Gasteiger partial charge in [0.2, 0.25) is 12.0 Å². The van der Waals surface area contributed by atoms with Crippen molar-refractivity contribution in [2.45, 2.75) is 37.1 Å². The molecule has 0 aromatic heterocycles. The van der Waals surface area contributed by atoms with E-state index in [-0.39, 0.29) is 25.4 Å². The molecule has 2 fully saturated rings. The molecule has 0 amide bonds. The molecule has 0 spiro atoms. The van der Waals surface area contributed by atoms with Crippen molar-refractivity contribution in [3.05, 3.63) is 35.9 Å². The molecule has 0 saturated carbocycles. The van der Waals surface area contributed by atoms with Crippen molar-refractivity contribution in [2.75, 3.05) is 48.3 Å². The molecule has 0 radical (unpaired) electrons. The highest BCUT2D eigenvalue weighted by Crippen LogP contribution is 2.53. The highest BCUT2D eigenvalue weighted by Gasteiger charge is 2.61. The van der Waals surface area contributed by atoms with Crippen molar-refractivity contribution in [3.8, 4) is 34.5 Å². The van der Waals surface area contributed by atoms with Gasteiger partial charge in [-0.05, 0) is 25.1 Å². The summed E-state index contributed by atoms with van der Waals surface area (Å²) >= 11 is 0. The van der Waals surface area contributed by atoms with Gasteiger partial charge in [0.05, 0.1) is 53.2 Å². The summed E-state index contributed by atoms with van der Waals surface area (Å²) in [6.45, 7) is 2.54. The van der Waals surface area contributed by atoms with Crippen molar-refractivity contribution >= 4 is 0 Å². The zero-order valence-corrected chi connectivity index (χ0v) is 21.0. The molecule has 3 aliphatic rings. The summed E-state index contributed by atoms with van der Waals surface area (Å²) in [5.74, 6) is 2.57. The van der Waals surface area contributed by atoms with E-state index in [9.17, 15) is 5.11 Å². The van der Waals surface area contributed by atoms with E-state index in [2.05, 4.69) is 0 Å². The molecule has 1 N–H and O–H groups in total. The van der Waals surface area contributed by atoms with Gasteiger partial charge in [0.15, 0.2) is 34.7 Å². The topological polar surface area (TPSA) is 103 Å². The summed E-state index contributed by atoms with van der Waals surface area (Å²) in [5.41, 5.74) is -0.687. The Morgan fingerprint density at radius 1 is 0.944 bits per heavy atom. The molecule has 2 aromatic rings. The van der Waals surface area contributed by atoms with Crippen molar-refractivity contribution in [1.82, 2.24) is 0 Å². The molecule has 0 unspecified atom stereocenters. The van der Waals surface area contributed by atoms with Gasteiger partial charge in [-0.25, -0.2) is 0 Å². The van der Waals surface area contributed by atoms with Crippen LogP contribution < -0.4 is 28.4 Å². The first-order valence-electron chi connectivity index (χ1n) is 11.8. The summed E-state index contributed by atoms with van der Waals surface area (Å²) in [4.78, 5) is 0. The molecule has 6 atom stereocenters. The van der Waals surface area contributed by atoms with Crippen LogP contribution in [-0.4, -0.2) is 77.5 Å². The maximum absolute atomic E-state index is 11.7. The third kappa shape index (κ3) is 4.07. The molecule has 2 saturated heterocycles. The van der Waals surface area contributed by atoms with Gasteiger partial charge in [0.25, 0.3) is 0 Å². The molecular formula is C26H32O10. The van der Waals surface area contributed by atoms with Gasteiger partial charge in [-0.2, -0.15) is 0 Å². The van der Waals surface area contributed by atoms with E-state index in [0.717, 1.165) is 5.56 Å². The Hall–Kier alpha value is -2.92. The molecular weight excluding hydrogens is 472 g/mol. The first kappa shape index (κ1) is 24.8. The minimum absolute atomic E-state index is 0.00535. The number of benzene rings is 2. The second-order valence-electron chi connectivity index (χ2n) is 9.08. The number of rotatable bonds is 8. The standard InChI is InChI=1S/C26H32O10/c1-14-22(12-28-2)35-20-9-15(19(31-5)10-21(20)34-14)23-16-11-32-25(26(16,27)13-33-23)36-24-17(29-3)7-6-8-18(24)30-4/h6-10,14,16,22-23,25,27H,11-13H2,1-5H3/t14-,16+,22+,23+,25+,26+/m0/s1. The Morgan fingerprint density at radius 3 is 2.31 bits per heavy atom. The fourth-order valence-corrected chi connectivity index (χ4v) is 5.01. The summed E-state index contributed by atoms with van der Waals surface area (Å²) in [7, 11) is 6.28. The molecule has 196 valence electrons. The number of aliphatic hydroxyl groups is 1. The third-order valence-electron chi connectivity index (χ3n) is 6.99. The van der Waals surface area contributed by atoms with Crippen LogP contribution in [0.1, 0.15) is 18.6 Å². The fraction of sp³-hybridized carbons (Fsp3) is 0.538. The van der Waals surface area contributed by atoms with Crippen LogP contribution in [0.3, 0.4) is 0 Å². The van der Waals surface area contributed by atoms with Gasteiger partial charge in [-0.15, -0.1) is 0 Å². The average molecular weight is 505 g/mol. The van der Waals surface area contributed by atoms with Gasteiger partial charge in [-0.1, -0.05) is 6.07 Å². The molecule has 36 heavy (non-hydrogen) atoms. The minimum Gasteiger partial charge on any atom is -0.496 e. The smallest absolute Gasteiger partial charge is 0.232 e. The zero-order valence-electron chi connectivity index (χ0n) is 21.0. The third-order valence-corrected chi connectivity index (χ3v) is 6.99. The zero-order chi connectivity index (χ0) is 25.4. The van der Waals surface area contributed by atoms with E-state index in [4.69, 9.17) is 42.6 Å².